The number of likely N-dealkylation sites (N-methyl/N-ethyl adjacent to an activating group) is 1. The number of amides is 8. The average molecular weight is 1650 g/mol. The van der Waals surface area contributed by atoms with Gasteiger partial charge in [-0.2, -0.15) is 0 Å². The normalized spacial score (nSPS) is 28.8. The Labute approximate surface area is 667 Å². The maximum atomic E-state index is 16.5. The Balaban J connectivity index is 0.958. The lowest BCUT2D eigenvalue weighted by Gasteiger charge is -2.54. The van der Waals surface area contributed by atoms with Gasteiger partial charge in [-0.05, 0) is 193 Å². The van der Waals surface area contributed by atoms with Crippen molar-refractivity contribution in [3.05, 3.63) is 152 Å². The number of nitrogens with two attached hydrogens (primary N) is 2. The van der Waals surface area contributed by atoms with E-state index in [1.165, 1.54) is 61.6 Å². The Hall–Kier alpha value is -9.83. The van der Waals surface area contributed by atoms with Gasteiger partial charge in [-0.3, -0.25) is 38.4 Å². The van der Waals surface area contributed by atoms with Crippen molar-refractivity contribution in [3.63, 3.8) is 0 Å². The van der Waals surface area contributed by atoms with E-state index >= 15 is 28.8 Å². The van der Waals surface area contributed by atoms with Gasteiger partial charge in [0.05, 0.1) is 27.4 Å². The van der Waals surface area contributed by atoms with Crippen LogP contribution in [-0.2, 0) is 58.9 Å². The zero-order valence-electron chi connectivity index (χ0n) is 62.0. The molecule has 34 nitrogen and oxygen atoms in total. The van der Waals surface area contributed by atoms with E-state index in [0.717, 1.165) is 80.6 Å². The van der Waals surface area contributed by atoms with Crippen LogP contribution in [0.15, 0.2) is 108 Å². The topological polar surface area (TPSA) is 539 Å². The van der Waals surface area contributed by atoms with Gasteiger partial charge >= 0.3 is 0 Å². The first-order valence-electron chi connectivity index (χ1n) is 37.5. The summed E-state index contributed by atoms with van der Waals surface area (Å²) in [5.41, 5.74) is 9.30. The van der Waals surface area contributed by atoms with Crippen LogP contribution in [0.2, 0.25) is 10.0 Å². The van der Waals surface area contributed by atoms with E-state index in [1.54, 1.807) is 13.8 Å². The van der Waals surface area contributed by atoms with Crippen LogP contribution in [0.4, 0.5) is 0 Å². The van der Waals surface area contributed by atoms with Gasteiger partial charge in [0.1, 0.15) is 102 Å². The number of hydrogen-bond acceptors (Lipinski definition) is 26. The van der Waals surface area contributed by atoms with Gasteiger partial charge in [0.15, 0.2) is 11.5 Å². The molecular formula is C78H87Cl2N11O23S. The molecule has 21 N–H and O–H groups in total. The molecule has 0 spiro atoms. The Bertz CT molecular complexity index is 4960. The molecule has 0 radical (unpaired) electrons. The van der Waals surface area contributed by atoms with E-state index in [0.29, 0.717) is 11.8 Å². The van der Waals surface area contributed by atoms with Crippen molar-refractivity contribution in [1.82, 2.24) is 47.3 Å². The summed E-state index contributed by atoms with van der Waals surface area (Å²) in [6.45, 7) is 3.30. The lowest BCUT2D eigenvalue weighted by atomic mass is 9.54. The van der Waals surface area contributed by atoms with E-state index in [4.69, 9.17) is 58.4 Å². The maximum Gasteiger partial charge on any atom is 0.264 e. The Kier molecular flexibility index (Phi) is 23.2. The Morgan fingerprint density at radius 1 is 0.652 bits per heavy atom. The number of carbonyl (C=O) groups excluding carboxylic acids is 8. The molecule has 6 aliphatic heterocycles. The smallest absolute Gasteiger partial charge is 0.264 e. The van der Waals surface area contributed by atoms with E-state index in [-0.39, 0.29) is 105 Å². The third-order valence-corrected chi connectivity index (χ3v) is 24.5. The second-order valence-electron chi connectivity index (χ2n) is 30.8. The summed E-state index contributed by atoms with van der Waals surface area (Å²) in [4.78, 5) is 123. The van der Waals surface area contributed by atoms with Crippen LogP contribution in [0.25, 0.3) is 11.1 Å². The lowest BCUT2D eigenvalue weighted by molar-refractivity contribution is -0.270. The molecule has 6 heterocycles. The zero-order chi connectivity index (χ0) is 82.1. The molecule has 14 unspecified atom stereocenters. The number of phenols is 1. The molecule has 6 aromatic carbocycles. The summed E-state index contributed by atoms with van der Waals surface area (Å²) in [5, 5.41) is 116. The molecule has 0 aromatic heterocycles. The van der Waals surface area contributed by atoms with Crippen LogP contribution in [0.1, 0.15) is 128 Å². The molecule has 4 saturated carbocycles. The molecule has 1 saturated heterocycles. The second-order valence-corrected chi connectivity index (χ2v) is 33.3. The van der Waals surface area contributed by atoms with Crippen molar-refractivity contribution in [2.45, 2.75) is 161 Å². The first-order valence-corrected chi connectivity index (χ1v) is 39.7. The fraction of sp³-hybridized carbons (Fsp3) is 0.436. The van der Waals surface area contributed by atoms with Crippen molar-refractivity contribution in [2.75, 3.05) is 26.7 Å². The zero-order valence-corrected chi connectivity index (χ0v) is 64.3. The highest BCUT2D eigenvalue weighted by Gasteiger charge is 2.52. The number of fused-ring (bicyclic) bond motifs is 12. The number of carbonyl (C=O) groups is 8. The Morgan fingerprint density at radius 2 is 1.26 bits per heavy atom. The second kappa shape index (κ2) is 32.7. The van der Waals surface area contributed by atoms with Crippen molar-refractivity contribution in [3.8, 4) is 51.4 Å². The Morgan fingerprint density at radius 3 is 1.87 bits per heavy atom. The van der Waals surface area contributed by atoms with Crippen LogP contribution < -0.4 is 77.7 Å². The predicted molar refractivity (Wildman–Crippen MR) is 405 cm³/mol. The van der Waals surface area contributed by atoms with E-state index in [2.05, 4.69) is 42.5 Å². The summed E-state index contributed by atoms with van der Waals surface area (Å²) in [7, 11) is -3.44. The van der Waals surface area contributed by atoms with Crippen LogP contribution >= 0.6 is 23.2 Å². The van der Waals surface area contributed by atoms with Gasteiger partial charge in [0.2, 0.25) is 65.1 Å². The largest absolute Gasteiger partial charge is 0.508 e. The van der Waals surface area contributed by atoms with Crippen LogP contribution in [-0.4, -0.2) is 184 Å². The highest BCUT2D eigenvalue weighted by atomic mass is 35.5. The van der Waals surface area contributed by atoms with Gasteiger partial charge in [-0.15, -0.1) is 0 Å². The maximum absolute atomic E-state index is 16.5. The number of nitrogens with one attached hydrogen (secondary N) is 9. The number of halogens is 2. The molecule has 15 bridgehead atoms. The molecule has 5 aliphatic carbocycles. The average Bonchev–Trinajstić information content (AvgIpc) is 1.56. The van der Waals surface area contributed by atoms with E-state index in [1.807, 2.05) is 4.72 Å². The van der Waals surface area contributed by atoms with Crippen LogP contribution in [0, 0.1) is 29.6 Å². The molecule has 8 amide bonds. The predicted octanol–water partition coefficient (Wildman–Crippen LogP) is 1.14. The third-order valence-electron chi connectivity index (χ3n) is 22.5. The van der Waals surface area contributed by atoms with Crippen LogP contribution in [0.3, 0.4) is 0 Å². The SMILES string of the molecule is CNC(CC(C)C)C(=O)NC1C(=O)NC(CC(=O)NS(=O)(=O)c2ccc(OCCN)cc2)C(=O)NC2C(=O)NC3C(=O)NC(C(=O)NC(C(=O)NC4C5CC6CC(C5)CC4C6)c4cc(O)cc5c4-c4cc3ccc4C5(O)O)C(O)c3ccc(c(Cl)c3)Oc3cc2cc(c3OC2OC(CN)C(O)C(O)C2O)Oc2ccc(cc2Cl)C1O. The van der Waals surface area contributed by atoms with Crippen molar-refractivity contribution in [1.29, 1.82) is 0 Å². The van der Waals surface area contributed by atoms with Gasteiger partial charge in [-0.1, -0.05) is 61.3 Å². The van der Waals surface area contributed by atoms with Gasteiger partial charge in [0, 0.05) is 30.3 Å². The van der Waals surface area contributed by atoms with Gasteiger partial charge in [-0.25, -0.2) is 13.1 Å². The van der Waals surface area contributed by atoms with Crippen LogP contribution in [0.5, 0.6) is 40.2 Å². The number of rotatable bonds is 17. The number of hydrogen-bond donors (Lipinski definition) is 19. The van der Waals surface area contributed by atoms with Crippen molar-refractivity contribution in [2.24, 2.45) is 41.1 Å². The van der Waals surface area contributed by atoms with E-state index in [9.17, 15) is 58.9 Å². The highest BCUT2D eigenvalue weighted by molar-refractivity contribution is 7.90. The van der Waals surface area contributed by atoms with Crippen molar-refractivity contribution < 1.29 is 111 Å². The van der Waals surface area contributed by atoms with Gasteiger partial charge < -0.3 is 119 Å². The molecule has 6 aromatic rings. The minimum atomic E-state index is -4.90. The van der Waals surface area contributed by atoms with Crippen molar-refractivity contribution >= 4 is 80.5 Å². The lowest BCUT2D eigenvalue weighted by Crippen LogP contribution is -2.60. The number of aliphatic hydroxyl groups excluding tert-OH is 5. The minimum Gasteiger partial charge on any atom is -0.508 e. The number of aromatic hydroxyl groups is 1. The molecule has 37 heteroatoms. The minimum absolute atomic E-state index is 0.0551. The molecule has 612 valence electrons. The number of sulfonamides is 1. The first-order chi connectivity index (χ1) is 54.7. The fourth-order valence-corrected chi connectivity index (χ4v) is 18.5. The fourth-order valence-electron chi connectivity index (χ4n) is 17.1. The molecule has 17 rings (SSSR count). The number of benzene rings is 6. The molecule has 5 fully saturated rings. The number of aliphatic hydroxyl groups is 7. The summed E-state index contributed by atoms with van der Waals surface area (Å²) in [5.74, 6) is -15.3. The third kappa shape index (κ3) is 16.3. The summed E-state index contributed by atoms with van der Waals surface area (Å²) >= 11 is 14.3. The molecule has 115 heavy (non-hydrogen) atoms. The summed E-state index contributed by atoms with van der Waals surface area (Å²) in [6.07, 6.45) is -10.5. The highest BCUT2D eigenvalue weighted by Crippen LogP contribution is 2.56. The summed E-state index contributed by atoms with van der Waals surface area (Å²) in [6, 6.07) is 4.90. The first kappa shape index (κ1) is 81.7. The molecular weight excluding hydrogens is 1560 g/mol. The standard InChI is InChI=1S/C78H87Cl2N11O23S/c1-31(2)16-49(83-3)70(99)89-62-64(94)35-5-12-51(47(79)23-35)111-53-25-39-26-54(69(53)114-77-68(98)67(97)66(96)55(30-82)113-77)112-52-13-6-36(24-48(52)80)65(95)63-76(105)88-61(74(103)85-58-37-18-32-17-33(20-37)21-38(58)19-32)44-27-40(92)28-46-57(44)43-22-34(4-11-45(43)78(46,106)107)59(72(101)90-63)87-73(102)60(39)86-71(100)50(84-75(62)104)29-56(93)91-115(108,109)42-9-7-41(8-10-42)110-15-14-81/h4-13,22-28,31-33,37-38,49-50,55,58-68,77,83,92,94-98,106-107H,14-21,29-30,81-82H2,1-3H3,(H,84,104)(H,85,103)(H,86,100)(H,87,102)(H,88,105)(H,89,99)(H,90,101)(H,91,93). The van der Waals surface area contributed by atoms with E-state index < -0.39 is 205 Å². The number of ether oxygens (including phenoxy) is 5. The molecule has 14 atom stereocenters. The summed E-state index contributed by atoms with van der Waals surface area (Å²) < 4.78 is 61.2. The monoisotopic (exact) mass is 1650 g/mol. The number of phenolic OH excluding ortho intramolecular Hbond substituents is 1. The van der Waals surface area contributed by atoms with Gasteiger partial charge in [0.25, 0.3) is 10.0 Å². The molecule has 11 aliphatic rings. The quantitative estimate of drug-likeness (QED) is 0.0569.